The standard InChI is InChI=1S/C42H54N2O5S/c1-4-7-8-9-10-11-12-13-14-15-16-17-18-19-20-21-22-23-38(50)49-30-24-25-36-32(26-30)31(5-2)33-28-44-37(39(33)43-36)27-35-34(40(44)45)29-48-41(46)42(35,47)6-3/h10-11,13-14,24-27,47H,4-9,12,15-23,28-29H2,1-3H3/b11-10-,14-13-/t42-/m0/s1. The highest BCUT2D eigenvalue weighted by Gasteiger charge is 2.45. The summed E-state index contributed by atoms with van der Waals surface area (Å²) in [6, 6.07) is 7.60. The summed E-state index contributed by atoms with van der Waals surface area (Å²) in [7, 11) is 0. The second-order valence-corrected chi connectivity index (χ2v) is 14.2. The molecule has 7 nitrogen and oxygen atoms in total. The number of ether oxygens (including phenoxy) is 2. The van der Waals surface area contributed by atoms with Gasteiger partial charge in [-0.25, -0.2) is 9.78 Å². The third-order valence-corrected chi connectivity index (χ3v) is 10.5. The van der Waals surface area contributed by atoms with Gasteiger partial charge in [0.15, 0.2) is 10.7 Å². The number of nitrogens with zero attached hydrogens (tertiary/aromatic N) is 2. The highest BCUT2D eigenvalue weighted by Crippen LogP contribution is 2.40. The van der Waals surface area contributed by atoms with Crippen molar-refractivity contribution in [1.82, 2.24) is 9.55 Å². The molecule has 1 aromatic carbocycles. The molecule has 2 aromatic heterocycles. The van der Waals surface area contributed by atoms with E-state index in [0.29, 0.717) is 39.9 Å². The van der Waals surface area contributed by atoms with Crippen molar-refractivity contribution >= 4 is 34.1 Å². The molecular formula is C42H54N2O5S. The van der Waals surface area contributed by atoms with E-state index >= 15 is 0 Å². The number of carbonyl (C=O) groups is 1. The van der Waals surface area contributed by atoms with Crippen molar-refractivity contribution in [2.75, 3.05) is 0 Å². The SMILES string of the molecule is CCCCC/C=C\C/C=C\CCCCCCCCCC(=S)Oc1ccc2nc3c(c(CC)c2c1)Cn1c-3cc2c(c1=O)COC(=O)[C@]2(O)CC. The van der Waals surface area contributed by atoms with Gasteiger partial charge >= 0.3 is 5.97 Å². The molecule has 0 saturated heterocycles. The Morgan fingerprint density at radius 3 is 2.34 bits per heavy atom. The first-order valence-electron chi connectivity index (χ1n) is 19.0. The van der Waals surface area contributed by atoms with E-state index in [9.17, 15) is 14.7 Å². The summed E-state index contributed by atoms with van der Waals surface area (Å²) in [5.41, 5.74) is 2.75. The van der Waals surface area contributed by atoms with Crippen LogP contribution in [0.1, 0.15) is 139 Å². The van der Waals surface area contributed by atoms with Crippen molar-refractivity contribution in [3.8, 4) is 17.1 Å². The van der Waals surface area contributed by atoms with E-state index in [0.717, 1.165) is 54.1 Å². The van der Waals surface area contributed by atoms with E-state index in [4.69, 9.17) is 26.7 Å². The number of aryl methyl sites for hydroxylation is 1. The zero-order chi connectivity index (χ0) is 35.5. The van der Waals surface area contributed by atoms with Crippen LogP contribution >= 0.6 is 12.2 Å². The molecule has 2 aliphatic rings. The normalized spacial score (nSPS) is 16.6. The van der Waals surface area contributed by atoms with Gasteiger partial charge < -0.3 is 19.1 Å². The van der Waals surface area contributed by atoms with E-state index < -0.39 is 11.6 Å². The van der Waals surface area contributed by atoms with Crippen LogP contribution in [0.25, 0.3) is 22.3 Å². The molecule has 0 bridgehead atoms. The first-order valence-corrected chi connectivity index (χ1v) is 19.4. The quantitative estimate of drug-likeness (QED) is 0.0451. The second-order valence-electron chi connectivity index (χ2n) is 13.7. The number of aromatic nitrogens is 2. The van der Waals surface area contributed by atoms with Crippen LogP contribution in [-0.2, 0) is 34.7 Å². The van der Waals surface area contributed by atoms with Gasteiger partial charge in [0, 0.05) is 22.9 Å². The molecule has 0 amide bonds. The highest BCUT2D eigenvalue weighted by molar-refractivity contribution is 7.80. The minimum absolute atomic E-state index is 0.112. The van der Waals surface area contributed by atoms with Crippen LogP contribution in [-0.4, -0.2) is 25.7 Å². The molecule has 0 fully saturated rings. The zero-order valence-electron chi connectivity index (χ0n) is 30.2. The van der Waals surface area contributed by atoms with Gasteiger partial charge in [0.05, 0.1) is 29.0 Å². The van der Waals surface area contributed by atoms with Gasteiger partial charge in [-0.2, -0.15) is 0 Å². The Hall–Kier alpha value is -3.62. The molecule has 50 heavy (non-hydrogen) atoms. The molecule has 0 saturated carbocycles. The number of pyridine rings is 2. The number of fused-ring (bicyclic) bond motifs is 5. The summed E-state index contributed by atoms with van der Waals surface area (Å²) < 4.78 is 13.0. The maximum atomic E-state index is 13.6. The number of unbranched alkanes of at least 4 members (excludes halogenated alkanes) is 10. The zero-order valence-corrected chi connectivity index (χ0v) is 31.0. The summed E-state index contributed by atoms with van der Waals surface area (Å²) >= 11 is 5.62. The van der Waals surface area contributed by atoms with Crippen LogP contribution in [0.15, 0.2) is 53.4 Å². The summed E-state index contributed by atoms with van der Waals surface area (Å²) in [5.74, 6) is -0.0226. The van der Waals surface area contributed by atoms with Crippen LogP contribution < -0.4 is 10.3 Å². The first-order chi connectivity index (χ1) is 24.3. The second kappa shape index (κ2) is 18.0. The van der Waals surface area contributed by atoms with Gasteiger partial charge in [-0.05, 0) is 93.4 Å². The number of cyclic esters (lactones) is 1. The number of esters is 1. The van der Waals surface area contributed by atoms with Crippen molar-refractivity contribution in [1.29, 1.82) is 0 Å². The van der Waals surface area contributed by atoms with Gasteiger partial charge in [0.2, 0.25) is 0 Å². The first kappa shape index (κ1) is 37.6. The Labute approximate surface area is 302 Å². The Morgan fingerprint density at radius 2 is 1.64 bits per heavy atom. The molecule has 0 aliphatic carbocycles. The molecule has 268 valence electrons. The number of allylic oxidation sites excluding steroid dienone is 4. The van der Waals surface area contributed by atoms with Crippen molar-refractivity contribution in [2.24, 2.45) is 0 Å². The molecule has 0 spiro atoms. The molecular weight excluding hydrogens is 645 g/mol. The number of rotatable bonds is 19. The summed E-state index contributed by atoms with van der Waals surface area (Å²) in [6.45, 7) is 6.29. The predicted octanol–water partition coefficient (Wildman–Crippen LogP) is 9.94. The van der Waals surface area contributed by atoms with E-state index in [1.54, 1.807) is 17.6 Å². The number of benzene rings is 1. The van der Waals surface area contributed by atoms with Crippen molar-refractivity contribution in [2.45, 2.75) is 142 Å². The third-order valence-electron chi connectivity index (χ3n) is 10.2. The number of hydrogen-bond donors (Lipinski definition) is 1. The van der Waals surface area contributed by atoms with Crippen LogP contribution in [0.4, 0.5) is 0 Å². The molecule has 5 rings (SSSR count). The Morgan fingerprint density at radius 1 is 0.940 bits per heavy atom. The van der Waals surface area contributed by atoms with Crippen molar-refractivity contribution < 1.29 is 19.4 Å². The molecule has 0 radical (unpaired) electrons. The molecule has 0 unspecified atom stereocenters. The molecule has 4 heterocycles. The lowest BCUT2D eigenvalue weighted by Gasteiger charge is -2.31. The van der Waals surface area contributed by atoms with Crippen molar-refractivity contribution in [3.63, 3.8) is 0 Å². The predicted molar refractivity (Wildman–Crippen MR) is 206 cm³/mol. The largest absolute Gasteiger partial charge is 0.458 e. The van der Waals surface area contributed by atoms with E-state index in [1.807, 2.05) is 18.2 Å². The average molecular weight is 699 g/mol. The van der Waals surface area contributed by atoms with Gasteiger partial charge in [0.1, 0.15) is 12.4 Å². The minimum atomic E-state index is -1.84. The van der Waals surface area contributed by atoms with Gasteiger partial charge in [0.25, 0.3) is 5.56 Å². The van der Waals surface area contributed by atoms with Gasteiger partial charge in [-0.1, -0.05) is 90.0 Å². The number of carbonyl (C=O) groups excluding carboxylic acids is 1. The summed E-state index contributed by atoms with van der Waals surface area (Å²) in [4.78, 5) is 31.1. The molecule has 2 aliphatic heterocycles. The Bertz CT molecular complexity index is 1790. The smallest absolute Gasteiger partial charge is 0.343 e. The van der Waals surface area contributed by atoms with E-state index in [-0.39, 0.29) is 18.6 Å². The molecule has 8 heteroatoms. The highest BCUT2D eigenvalue weighted by atomic mass is 32.1. The third kappa shape index (κ3) is 8.63. The van der Waals surface area contributed by atoms with Crippen molar-refractivity contribution in [3.05, 3.63) is 81.2 Å². The van der Waals surface area contributed by atoms with Gasteiger partial charge in [-0.15, -0.1) is 0 Å². The monoisotopic (exact) mass is 698 g/mol. The Balaban J connectivity index is 1.10. The molecule has 3 aromatic rings. The summed E-state index contributed by atoms with van der Waals surface area (Å²) in [5, 5.41) is 12.8. The van der Waals surface area contributed by atoms with Crippen LogP contribution in [0, 0.1) is 0 Å². The maximum Gasteiger partial charge on any atom is 0.343 e. The average Bonchev–Trinajstić information content (AvgIpc) is 3.48. The topological polar surface area (TPSA) is 90.7 Å². The minimum Gasteiger partial charge on any atom is -0.458 e. The number of thiocarbonyl (C=S) groups is 1. The van der Waals surface area contributed by atoms with E-state index in [2.05, 4.69) is 38.2 Å². The summed E-state index contributed by atoms with van der Waals surface area (Å²) in [6.07, 6.45) is 26.8. The fraction of sp³-hybridized carbons (Fsp3) is 0.524. The lowest BCUT2D eigenvalue weighted by molar-refractivity contribution is -0.172. The van der Waals surface area contributed by atoms with E-state index in [1.165, 1.54) is 64.2 Å². The molecule has 1 atom stereocenters. The van der Waals surface area contributed by atoms with Crippen LogP contribution in [0.2, 0.25) is 0 Å². The fourth-order valence-electron chi connectivity index (χ4n) is 7.22. The van der Waals surface area contributed by atoms with Crippen LogP contribution in [0.3, 0.4) is 0 Å². The number of hydrogen-bond acceptors (Lipinski definition) is 7. The fourth-order valence-corrected chi connectivity index (χ4v) is 7.47. The Kier molecular flexibility index (Phi) is 13.6. The molecule has 1 N–H and O–H groups in total. The lowest BCUT2D eigenvalue weighted by Crippen LogP contribution is -2.44. The lowest BCUT2D eigenvalue weighted by atomic mass is 9.86. The van der Waals surface area contributed by atoms with Crippen LogP contribution in [0.5, 0.6) is 5.75 Å². The number of aliphatic hydroxyl groups is 1. The van der Waals surface area contributed by atoms with Gasteiger partial charge in [-0.3, -0.25) is 4.79 Å². The maximum absolute atomic E-state index is 13.6.